The molecule has 1 aromatic rings. The molecule has 1 fully saturated rings. The topological polar surface area (TPSA) is 55.4 Å². The van der Waals surface area contributed by atoms with Gasteiger partial charge in [-0.25, -0.2) is 17.5 Å². The van der Waals surface area contributed by atoms with Crippen molar-refractivity contribution in [3.8, 4) is 5.75 Å². The Morgan fingerprint density at radius 1 is 1.25 bits per heavy atom. The monoisotopic (exact) mass is 301 g/mol. The van der Waals surface area contributed by atoms with Crippen LogP contribution in [0.15, 0.2) is 18.2 Å². The van der Waals surface area contributed by atoms with Gasteiger partial charge in [0.2, 0.25) is 10.0 Å². The zero-order valence-electron chi connectivity index (χ0n) is 11.7. The largest absolute Gasteiger partial charge is 0.490 e. The van der Waals surface area contributed by atoms with Crippen LogP contribution in [0.2, 0.25) is 0 Å². The number of hydrogen-bond acceptors (Lipinski definition) is 3. The van der Waals surface area contributed by atoms with E-state index in [1.807, 2.05) is 6.92 Å². The lowest BCUT2D eigenvalue weighted by Gasteiger charge is -2.29. The van der Waals surface area contributed by atoms with E-state index in [1.54, 1.807) is 6.07 Å². The third-order valence-electron chi connectivity index (χ3n) is 3.50. The van der Waals surface area contributed by atoms with Crippen LogP contribution in [-0.4, -0.2) is 26.8 Å². The van der Waals surface area contributed by atoms with Gasteiger partial charge in [0.05, 0.1) is 12.4 Å². The summed E-state index contributed by atoms with van der Waals surface area (Å²) in [6, 6.07) is 4.49. The maximum absolute atomic E-state index is 13.2. The first kappa shape index (κ1) is 15.3. The predicted molar refractivity (Wildman–Crippen MR) is 75.8 cm³/mol. The summed E-state index contributed by atoms with van der Waals surface area (Å²) in [4.78, 5) is 0. The summed E-state index contributed by atoms with van der Waals surface area (Å²) in [6.07, 6.45) is 4.21. The number of hydrogen-bond donors (Lipinski definition) is 1. The maximum atomic E-state index is 13.2. The van der Waals surface area contributed by atoms with E-state index in [0.717, 1.165) is 31.2 Å². The standard InChI is InChI=1S/C14H20FNO3S/c1-10-3-4-11(15)9-14(10)19-13-7-5-12(6-8-13)16-20(2,17)18/h3-4,9,12-13,16H,5-8H2,1-2H3/t12-,13-. The molecule has 0 bridgehead atoms. The predicted octanol–water partition coefficient (Wildman–Crippen LogP) is 2.37. The summed E-state index contributed by atoms with van der Waals surface area (Å²) in [7, 11) is -3.15. The Morgan fingerprint density at radius 3 is 2.50 bits per heavy atom. The summed E-state index contributed by atoms with van der Waals surface area (Å²) >= 11 is 0. The molecule has 0 atom stereocenters. The van der Waals surface area contributed by atoms with E-state index in [-0.39, 0.29) is 18.0 Å². The van der Waals surface area contributed by atoms with Crippen molar-refractivity contribution in [3.05, 3.63) is 29.6 Å². The van der Waals surface area contributed by atoms with Crippen molar-refractivity contribution < 1.29 is 17.5 Å². The fourth-order valence-corrected chi connectivity index (χ4v) is 3.32. The molecular formula is C14H20FNO3S. The fourth-order valence-electron chi connectivity index (χ4n) is 2.48. The second kappa shape index (κ2) is 6.10. The molecule has 0 saturated heterocycles. The van der Waals surface area contributed by atoms with Gasteiger partial charge in [0.15, 0.2) is 0 Å². The van der Waals surface area contributed by atoms with Crippen LogP contribution in [0.4, 0.5) is 4.39 Å². The highest BCUT2D eigenvalue weighted by Crippen LogP contribution is 2.26. The SMILES string of the molecule is Cc1ccc(F)cc1O[C@H]1CC[C@H](NS(C)(=O)=O)CC1. The van der Waals surface area contributed by atoms with Gasteiger partial charge in [-0.2, -0.15) is 0 Å². The molecule has 6 heteroatoms. The van der Waals surface area contributed by atoms with Gasteiger partial charge in [0, 0.05) is 12.1 Å². The fraction of sp³-hybridized carbons (Fsp3) is 0.571. The molecule has 4 nitrogen and oxygen atoms in total. The Balaban J connectivity index is 1.90. The summed E-state index contributed by atoms with van der Waals surface area (Å²) < 4.78 is 44.0. The molecule has 1 aromatic carbocycles. The third kappa shape index (κ3) is 4.45. The highest BCUT2D eigenvalue weighted by molar-refractivity contribution is 7.88. The van der Waals surface area contributed by atoms with E-state index >= 15 is 0 Å². The molecule has 20 heavy (non-hydrogen) atoms. The van der Waals surface area contributed by atoms with Gasteiger partial charge in [-0.15, -0.1) is 0 Å². The third-order valence-corrected chi connectivity index (χ3v) is 4.26. The first-order chi connectivity index (χ1) is 9.33. The molecule has 0 heterocycles. The molecule has 1 N–H and O–H groups in total. The molecule has 0 amide bonds. The van der Waals surface area contributed by atoms with Gasteiger partial charge in [0.1, 0.15) is 11.6 Å². The van der Waals surface area contributed by atoms with Crippen LogP contribution in [0.3, 0.4) is 0 Å². The van der Waals surface area contributed by atoms with Crippen LogP contribution >= 0.6 is 0 Å². The van der Waals surface area contributed by atoms with Gasteiger partial charge < -0.3 is 4.74 Å². The number of halogens is 1. The van der Waals surface area contributed by atoms with Crippen LogP contribution in [0.1, 0.15) is 31.2 Å². The van der Waals surface area contributed by atoms with Crippen LogP contribution in [-0.2, 0) is 10.0 Å². The van der Waals surface area contributed by atoms with Gasteiger partial charge >= 0.3 is 0 Å². The van der Waals surface area contributed by atoms with E-state index in [4.69, 9.17) is 4.74 Å². The maximum Gasteiger partial charge on any atom is 0.208 e. The molecule has 1 aliphatic carbocycles. The normalized spacial score (nSPS) is 23.6. The first-order valence-electron chi connectivity index (χ1n) is 6.73. The lowest BCUT2D eigenvalue weighted by molar-refractivity contribution is 0.143. The number of benzene rings is 1. The zero-order valence-corrected chi connectivity index (χ0v) is 12.5. The lowest BCUT2D eigenvalue weighted by Crippen LogP contribution is -2.39. The van der Waals surface area contributed by atoms with Crippen molar-refractivity contribution >= 4 is 10.0 Å². The Morgan fingerprint density at radius 2 is 1.90 bits per heavy atom. The van der Waals surface area contributed by atoms with Crippen LogP contribution < -0.4 is 9.46 Å². The molecule has 0 radical (unpaired) electrons. The summed E-state index contributed by atoms with van der Waals surface area (Å²) in [5, 5.41) is 0. The van der Waals surface area contributed by atoms with Crippen molar-refractivity contribution in [2.24, 2.45) is 0 Å². The average molecular weight is 301 g/mol. The highest BCUT2D eigenvalue weighted by Gasteiger charge is 2.24. The Kier molecular flexibility index (Phi) is 4.65. The number of sulfonamides is 1. The average Bonchev–Trinajstić information content (AvgIpc) is 2.34. The van der Waals surface area contributed by atoms with Crippen LogP contribution in [0.5, 0.6) is 5.75 Å². The molecule has 0 aromatic heterocycles. The molecule has 0 aliphatic heterocycles. The van der Waals surface area contributed by atoms with E-state index in [0.29, 0.717) is 5.75 Å². The molecule has 2 rings (SSSR count). The first-order valence-corrected chi connectivity index (χ1v) is 8.63. The minimum absolute atomic E-state index is 0.0153. The zero-order chi connectivity index (χ0) is 14.8. The van der Waals surface area contributed by atoms with E-state index in [2.05, 4.69) is 4.72 Å². The molecule has 0 spiro atoms. The molecule has 0 unspecified atom stereocenters. The van der Waals surface area contributed by atoms with Crippen molar-refractivity contribution in [1.29, 1.82) is 0 Å². The smallest absolute Gasteiger partial charge is 0.208 e. The molecular weight excluding hydrogens is 281 g/mol. The minimum atomic E-state index is -3.15. The van der Waals surface area contributed by atoms with Crippen molar-refractivity contribution in [2.75, 3.05) is 6.26 Å². The number of nitrogens with one attached hydrogen (secondary N) is 1. The second-order valence-electron chi connectivity index (χ2n) is 5.39. The highest BCUT2D eigenvalue weighted by atomic mass is 32.2. The Labute approximate surface area is 119 Å². The number of rotatable bonds is 4. The Bertz CT molecular complexity index is 566. The van der Waals surface area contributed by atoms with Crippen molar-refractivity contribution in [2.45, 2.75) is 44.8 Å². The molecule has 1 saturated carbocycles. The van der Waals surface area contributed by atoms with E-state index in [1.165, 1.54) is 18.4 Å². The molecule has 1 aliphatic rings. The number of aryl methyl sites for hydroxylation is 1. The van der Waals surface area contributed by atoms with E-state index < -0.39 is 10.0 Å². The van der Waals surface area contributed by atoms with Gasteiger partial charge in [0.25, 0.3) is 0 Å². The van der Waals surface area contributed by atoms with Gasteiger partial charge in [-0.1, -0.05) is 6.07 Å². The summed E-state index contributed by atoms with van der Waals surface area (Å²) in [5.41, 5.74) is 0.905. The van der Waals surface area contributed by atoms with Crippen LogP contribution in [0, 0.1) is 12.7 Å². The lowest BCUT2D eigenvalue weighted by atomic mass is 9.93. The van der Waals surface area contributed by atoms with E-state index in [9.17, 15) is 12.8 Å². The van der Waals surface area contributed by atoms with Gasteiger partial charge in [-0.05, 0) is 44.2 Å². The Hall–Kier alpha value is -1.14. The van der Waals surface area contributed by atoms with Crippen molar-refractivity contribution in [3.63, 3.8) is 0 Å². The quantitative estimate of drug-likeness (QED) is 0.929. The van der Waals surface area contributed by atoms with Gasteiger partial charge in [-0.3, -0.25) is 0 Å². The second-order valence-corrected chi connectivity index (χ2v) is 7.17. The van der Waals surface area contributed by atoms with Crippen molar-refractivity contribution in [1.82, 2.24) is 4.72 Å². The minimum Gasteiger partial charge on any atom is -0.490 e. The molecule has 112 valence electrons. The number of ether oxygens (including phenoxy) is 1. The van der Waals surface area contributed by atoms with Crippen LogP contribution in [0.25, 0.3) is 0 Å². The summed E-state index contributed by atoms with van der Waals surface area (Å²) in [5.74, 6) is 0.266. The summed E-state index contributed by atoms with van der Waals surface area (Å²) in [6.45, 7) is 1.88.